The van der Waals surface area contributed by atoms with E-state index < -0.39 is 0 Å². The van der Waals surface area contributed by atoms with Crippen molar-refractivity contribution in [2.75, 3.05) is 13.6 Å². The number of nitrogens with two attached hydrogens (primary N) is 1. The van der Waals surface area contributed by atoms with Gasteiger partial charge in [0.2, 0.25) is 0 Å². The maximum atomic E-state index is 5.79. The molecule has 2 atom stereocenters. The maximum Gasteiger partial charge on any atom is 0.0135 e. The average molecular weight is 182 g/mol. The van der Waals surface area contributed by atoms with Crippen LogP contribution in [0.25, 0.3) is 0 Å². The van der Waals surface area contributed by atoms with Crippen molar-refractivity contribution in [2.45, 2.75) is 50.6 Å². The Morgan fingerprint density at radius 2 is 1.85 bits per heavy atom. The summed E-state index contributed by atoms with van der Waals surface area (Å²) in [7, 11) is 2.31. The van der Waals surface area contributed by atoms with Gasteiger partial charge < -0.3 is 10.6 Å². The summed E-state index contributed by atoms with van der Waals surface area (Å²) in [6.45, 7) is 0.891. The summed E-state index contributed by atoms with van der Waals surface area (Å²) in [5, 5.41) is 0. The van der Waals surface area contributed by atoms with Gasteiger partial charge in [0, 0.05) is 12.1 Å². The van der Waals surface area contributed by atoms with Gasteiger partial charge in [-0.3, -0.25) is 0 Å². The average Bonchev–Trinajstić information content (AvgIpc) is 2.47. The third-order valence-corrected chi connectivity index (χ3v) is 4.10. The van der Waals surface area contributed by atoms with Crippen LogP contribution in [0.15, 0.2) is 0 Å². The van der Waals surface area contributed by atoms with Gasteiger partial charge in [-0.15, -0.1) is 0 Å². The topological polar surface area (TPSA) is 29.3 Å². The summed E-state index contributed by atoms with van der Waals surface area (Å²) < 4.78 is 0. The Morgan fingerprint density at radius 1 is 1.15 bits per heavy atom. The van der Waals surface area contributed by atoms with Crippen LogP contribution in [0.5, 0.6) is 0 Å². The predicted octanol–water partition coefficient (Wildman–Crippen LogP) is 1.60. The highest BCUT2D eigenvalue weighted by atomic mass is 15.2. The molecule has 0 heterocycles. The number of hydrogen-bond acceptors (Lipinski definition) is 2. The van der Waals surface area contributed by atoms with Crippen molar-refractivity contribution in [3.63, 3.8) is 0 Å². The summed E-state index contributed by atoms with van der Waals surface area (Å²) in [4.78, 5) is 2.62. The minimum Gasteiger partial charge on any atom is -0.330 e. The number of nitrogens with zero attached hydrogens (tertiary/aromatic N) is 1. The molecule has 2 unspecified atom stereocenters. The Balaban J connectivity index is 1.90. The molecule has 0 spiro atoms. The van der Waals surface area contributed by atoms with Crippen LogP contribution in [0, 0.1) is 5.92 Å². The summed E-state index contributed by atoms with van der Waals surface area (Å²) in [5.41, 5.74) is 5.79. The zero-order valence-corrected chi connectivity index (χ0v) is 8.71. The molecule has 2 saturated carbocycles. The van der Waals surface area contributed by atoms with Gasteiger partial charge in [0.1, 0.15) is 0 Å². The molecule has 76 valence electrons. The molecule has 2 N–H and O–H groups in total. The van der Waals surface area contributed by atoms with Gasteiger partial charge >= 0.3 is 0 Å². The monoisotopic (exact) mass is 182 g/mol. The Kier molecular flexibility index (Phi) is 2.89. The summed E-state index contributed by atoms with van der Waals surface area (Å²) >= 11 is 0. The lowest BCUT2D eigenvalue weighted by molar-refractivity contribution is 0.0903. The van der Waals surface area contributed by atoms with E-state index in [1.54, 1.807) is 0 Å². The fourth-order valence-electron chi connectivity index (χ4n) is 2.89. The highest BCUT2D eigenvalue weighted by Crippen LogP contribution is 2.34. The van der Waals surface area contributed by atoms with Crippen LogP contribution in [-0.2, 0) is 0 Å². The Bertz CT molecular complexity index is 165. The zero-order chi connectivity index (χ0) is 9.26. The molecule has 0 amide bonds. The van der Waals surface area contributed by atoms with Gasteiger partial charge in [-0.2, -0.15) is 0 Å². The summed E-state index contributed by atoms with van der Waals surface area (Å²) in [6.07, 6.45) is 8.42. The highest BCUT2D eigenvalue weighted by Gasteiger charge is 2.34. The standard InChI is InChI=1S/C11H22N2/c1-13(10-5-3-6-10)11-7-2-4-9(11)8-12/h9-11H,2-8,12H2,1H3. The fraction of sp³-hybridized carbons (Fsp3) is 1.00. The lowest BCUT2D eigenvalue weighted by atomic mass is 9.89. The van der Waals surface area contributed by atoms with Crippen LogP contribution in [-0.4, -0.2) is 30.6 Å². The SMILES string of the molecule is CN(C1CCC1)C1CCCC1CN. The molecule has 2 nitrogen and oxygen atoms in total. The van der Waals surface area contributed by atoms with Crippen molar-refractivity contribution in [3.8, 4) is 0 Å². The lowest BCUT2D eigenvalue weighted by Gasteiger charge is -2.40. The van der Waals surface area contributed by atoms with Gasteiger partial charge in [-0.25, -0.2) is 0 Å². The van der Waals surface area contributed by atoms with E-state index >= 15 is 0 Å². The normalized spacial score (nSPS) is 35.3. The Hall–Kier alpha value is -0.0800. The van der Waals surface area contributed by atoms with E-state index in [9.17, 15) is 0 Å². The van der Waals surface area contributed by atoms with Gasteiger partial charge in [0.15, 0.2) is 0 Å². The third kappa shape index (κ3) is 1.75. The van der Waals surface area contributed by atoms with Crippen molar-refractivity contribution in [3.05, 3.63) is 0 Å². The van der Waals surface area contributed by atoms with Gasteiger partial charge in [-0.05, 0) is 45.2 Å². The molecule has 0 aliphatic heterocycles. The zero-order valence-electron chi connectivity index (χ0n) is 8.71. The number of hydrogen-bond donors (Lipinski definition) is 1. The molecular weight excluding hydrogens is 160 g/mol. The second-order valence-corrected chi connectivity index (χ2v) is 4.74. The molecule has 0 aromatic carbocycles. The van der Waals surface area contributed by atoms with E-state index in [2.05, 4.69) is 11.9 Å². The number of rotatable bonds is 3. The minimum atomic E-state index is 0.783. The summed E-state index contributed by atoms with van der Waals surface area (Å²) in [5.74, 6) is 0.783. The van der Waals surface area contributed by atoms with Crippen LogP contribution >= 0.6 is 0 Å². The molecule has 0 radical (unpaired) electrons. The summed E-state index contributed by atoms with van der Waals surface area (Å²) in [6, 6.07) is 1.69. The second-order valence-electron chi connectivity index (χ2n) is 4.74. The highest BCUT2D eigenvalue weighted by molar-refractivity contribution is 4.90. The Morgan fingerprint density at radius 3 is 2.38 bits per heavy atom. The van der Waals surface area contributed by atoms with Crippen LogP contribution in [0.1, 0.15) is 38.5 Å². The largest absolute Gasteiger partial charge is 0.330 e. The van der Waals surface area contributed by atoms with Gasteiger partial charge in [0.25, 0.3) is 0 Å². The van der Waals surface area contributed by atoms with Crippen molar-refractivity contribution >= 4 is 0 Å². The molecule has 2 fully saturated rings. The van der Waals surface area contributed by atoms with Crippen molar-refractivity contribution < 1.29 is 0 Å². The second kappa shape index (κ2) is 3.97. The van der Waals surface area contributed by atoms with Gasteiger partial charge in [-0.1, -0.05) is 12.8 Å². The maximum absolute atomic E-state index is 5.79. The first-order valence-corrected chi connectivity index (χ1v) is 5.75. The fourth-order valence-corrected chi connectivity index (χ4v) is 2.89. The Labute approximate surface area is 81.5 Å². The minimum absolute atomic E-state index is 0.783. The van der Waals surface area contributed by atoms with E-state index in [1.807, 2.05) is 0 Å². The van der Waals surface area contributed by atoms with Gasteiger partial charge in [0.05, 0.1) is 0 Å². The molecule has 0 aromatic rings. The molecule has 0 saturated heterocycles. The quantitative estimate of drug-likeness (QED) is 0.718. The predicted molar refractivity (Wildman–Crippen MR) is 55.6 cm³/mol. The molecule has 2 aliphatic carbocycles. The molecule has 2 heteroatoms. The lowest BCUT2D eigenvalue weighted by Crippen LogP contribution is -2.46. The molecule has 0 bridgehead atoms. The van der Waals surface area contributed by atoms with E-state index in [0.717, 1.165) is 24.5 Å². The van der Waals surface area contributed by atoms with Crippen LogP contribution in [0.4, 0.5) is 0 Å². The van der Waals surface area contributed by atoms with E-state index in [0.29, 0.717) is 0 Å². The van der Waals surface area contributed by atoms with E-state index in [1.165, 1.54) is 38.5 Å². The van der Waals surface area contributed by atoms with E-state index in [-0.39, 0.29) is 0 Å². The molecule has 2 aliphatic rings. The first-order valence-electron chi connectivity index (χ1n) is 5.75. The third-order valence-electron chi connectivity index (χ3n) is 4.10. The van der Waals surface area contributed by atoms with Crippen LogP contribution in [0.3, 0.4) is 0 Å². The van der Waals surface area contributed by atoms with Crippen molar-refractivity contribution in [1.82, 2.24) is 4.90 Å². The van der Waals surface area contributed by atoms with E-state index in [4.69, 9.17) is 5.73 Å². The molecular formula is C11H22N2. The van der Waals surface area contributed by atoms with Crippen molar-refractivity contribution in [1.29, 1.82) is 0 Å². The first-order chi connectivity index (χ1) is 6.33. The molecule has 13 heavy (non-hydrogen) atoms. The van der Waals surface area contributed by atoms with Crippen LogP contribution < -0.4 is 5.73 Å². The molecule has 2 rings (SSSR count). The first kappa shape index (κ1) is 9.47. The van der Waals surface area contributed by atoms with Crippen molar-refractivity contribution in [2.24, 2.45) is 11.7 Å². The van der Waals surface area contributed by atoms with Crippen LogP contribution in [0.2, 0.25) is 0 Å². The smallest absolute Gasteiger partial charge is 0.0135 e. The molecule has 0 aromatic heterocycles.